The van der Waals surface area contributed by atoms with Crippen molar-refractivity contribution in [1.82, 2.24) is 5.32 Å². The van der Waals surface area contributed by atoms with Gasteiger partial charge in [-0.25, -0.2) is 0 Å². The summed E-state index contributed by atoms with van der Waals surface area (Å²) in [4.78, 5) is 4.53. The molecule has 2 nitrogen and oxygen atoms in total. The third kappa shape index (κ3) is 2.07. The second kappa shape index (κ2) is 2.68. The Hall–Kier alpha value is -0.790. The predicted molar refractivity (Wildman–Crippen MR) is 48.6 cm³/mol. The van der Waals surface area contributed by atoms with Crippen molar-refractivity contribution < 1.29 is 0 Å². The topological polar surface area (TPSA) is 24.4 Å². The zero-order valence-corrected chi connectivity index (χ0v) is 7.68. The Balaban J connectivity index is 2.78. The Morgan fingerprint density at radius 2 is 2.09 bits per heavy atom. The Labute approximate surface area is 68.4 Å². The van der Waals surface area contributed by atoms with Crippen LogP contribution in [-0.4, -0.2) is 11.4 Å². The van der Waals surface area contributed by atoms with E-state index in [0.717, 1.165) is 5.84 Å². The number of hydrogen-bond acceptors (Lipinski definition) is 2. The van der Waals surface area contributed by atoms with Gasteiger partial charge in [0.15, 0.2) is 0 Å². The Morgan fingerprint density at radius 3 is 2.45 bits per heavy atom. The van der Waals surface area contributed by atoms with Crippen LogP contribution in [0, 0.1) is 5.92 Å². The van der Waals surface area contributed by atoms with Crippen LogP contribution in [0.5, 0.6) is 0 Å². The van der Waals surface area contributed by atoms with Crippen molar-refractivity contribution in [3.8, 4) is 0 Å². The maximum Gasteiger partial charge on any atom is 0.104 e. The largest absolute Gasteiger partial charge is 0.350 e. The molecule has 11 heavy (non-hydrogen) atoms. The van der Waals surface area contributed by atoms with Gasteiger partial charge in [-0.2, -0.15) is 0 Å². The van der Waals surface area contributed by atoms with E-state index in [9.17, 15) is 0 Å². The minimum Gasteiger partial charge on any atom is -0.350 e. The predicted octanol–water partition coefficient (Wildman–Crippen LogP) is 1.94. The van der Waals surface area contributed by atoms with Crippen LogP contribution in [0.1, 0.15) is 27.7 Å². The molecule has 0 aromatic heterocycles. The van der Waals surface area contributed by atoms with Crippen LogP contribution in [-0.2, 0) is 0 Å². The van der Waals surface area contributed by atoms with E-state index >= 15 is 0 Å². The quantitative estimate of drug-likeness (QED) is 0.610. The molecule has 2 heteroatoms. The van der Waals surface area contributed by atoms with Crippen molar-refractivity contribution in [3.05, 3.63) is 12.3 Å². The van der Waals surface area contributed by atoms with Crippen LogP contribution in [0.15, 0.2) is 17.3 Å². The zero-order chi connectivity index (χ0) is 8.48. The highest BCUT2D eigenvalue weighted by atomic mass is 15.0. The van der Waals surface area contributed by atoms with E-state index in [1.54, 1.807) is 0 Å². The van der Waals surface area contributed by atoms with Crippen LogP contribution < -0.4 is 5.32 Å². The lowest BCUT2D eigenvalue weighted by atomic mass is 10.0. The molecule has 0 aromatic rings. The van der Waals surface area contributed by atoms with Crippen molar-refractivity contribution in [2.75, 3.05) is 0 Å². The van der Waals surface area contributed by atoms with Gasteiger partial charge in [-0.05, 0) is 19.9 Å². The fraction of sp³-hybridized carbons (Fsp3) is 0.667. The van der Waals surface area contributed by atoms with Gasteiger partial charge in [0.2, 0.25) is 0 Å². The molecular weight excluding hydrogens is 136 g/mol. The van der Waals surface area contributed by atoms with Gasteiger partial charge in [-0.1, -0.05) is 13.8 Å². The minimum atomic E-state index is -0.0230. The number of amidine groups is 1. The first-order chi connectivity index (χ1) is 5.01. The first-order valence-corrected chi connectivity index (χ1v) is 4.05. The monoisotopic (exact) mass is 152 g/mol. The van der Waals surface area contributed by atoms with Crippen LogP contribution in [0.4, 0.5) is 0 Å². The van der Waals surface area contributed by atoms with Gasteiger partial charge in [0.1, 0.15) is 5.84 Å². The van der Waals surface area contributed by atoms with E-state index in [0.29, 0.717) is 5.92 Å². The SMILES string of the molecule is CC(C)C1=NC(C)(C)C=CN1. The van der Waals surface area contributed by atoms with Crippen molar-refractivity contribution in [1.29, 1.82) is 0 Å². The van der Waals surface area contributed by atoms with Gasteiger partial charge in [0.25, 0.3) is 0 Å². The van der Waals surface area contributed by atoms with Gasteiger partial charge >= 0.3 is 0 Å². The molecule has 1 aliphatic heterocycles. The van der Waals surface area contributed by atoms with Crippen LogP contribution in [0.25, 0.3) is 0 Å². The third-order valence-corrected chi connectivity index (χ3v) is 1.68. The number of rotatable bonds is 1. The molecule has 0 atom stereocenters. The molecule has 0 spiro atoms. The second-order valence-corrected chi connectivity index (χ2v) is 3.78. The smallest absolute Gasteiger partial charge is 0.104 e. The summed E-state index contributed by atoms with van der Waals surface area (Å²) < 4.78 is 0. The highest BCUT2D eigenvalue weighted by Gasteiger charge is 2.17. The Bertz CT molecular complexity index is 200. The van der Waals surface area contributed by atoms with E-state index in [1.165, 1.54) is 0 Å². The van der Waals surface area contributed by atoms with Crippen LogP contribution in [0.3, 0.4) is 0 Å². The molecule has 1 heterocycles. The molecule has 0 bridgehead atoms. The molecule has 0 amide bonds. The standard InChI is InChI=1S/C9H16N2/c1-7(2)8-10-6-5-9(3,4)11-8/h5-7H,1-4H3,(H,10,11). The second-order valence-electron chi connectivity index (χ2n) is 3.78. The van der Waals surface area contributed by atoms with Gasteiger partial charge in [0.05, 0.1) is 5.54 Å². The number of nitrogens with one attached hydrogen (secondary N) is 1. The fourth-order valence-electron chi connectivity index (χ4n) is 1.01. The molecule has 0 unspecified atom stereocenters. The lowest BCUT2D eigenvalue weighted by molar-refractivity contribution is 0.625. The summed E-state index contributed by atoms with van der Waals surface area (Å²) in [5.74, 6) is 1.57. The molecule has 1 N–H and O–H groups in total. The summed E-state index contributed by atoms with van der Waals surface area (Å²) in [5.41, 5.74) is -0.0230. The molecular formula is C9H16N2. The Morgan fingerprint density at radius 1 is 1.45 bits per heavy atom. The summed E-state index contributed by atoms with van der Waals surface area (Å²) >= 11 is 0. The van der Waals surface area contributed by atoms with Crippen molar-refractivity contribution in [2.45, 2.75) is 33.2 Å². The first kappa shape index (κ1) is 8.31. The molecule has 0 radical (unpaired) electrons. The van der Waals surface area contributed by atoms with Gasteiger partial charge in [-0.3, -0.25) is 4.99 Å². The summed E-state index contributed by atoms with van der Waals surface area (Å²) in [6.45, 7) is 8.49. The van der Waals surface area contributed by atoms with Crippen molar-refractivity contribution in [2.24, 2.45) is 10.9 Å². The number of hydrogen-bond donors (Lipinski definition) is 1. The van der Waals surface area contributed by atoms with Gasteiger partial charge in [0, 0.05) is 12.1 Å². The lowest BCUT2D eigenvalue weighted by Gasteiger charge is -2.23. The van der Waals surface area contributed by atoms with Crippen molar-refractivity contribution in [3.63, 3.8) is 0 Å². The molecule has 62 valence electrons. The first-order valence-electron chi connectivity index (χ1n) is 4.05. The van der Waals surface area contributed by atoms with E-state index in [4.69, 9.17) is 0 Å². The average Bonchev–Trinajstić information content (AvgIpc) is 1.85. The van der Waals surface area contributed by atoms with E-state index in [2.05, 4.69) is 44.1 Å². The molecule has 1 rings (SSSR count). The molecule has 0 aromatic carbocycles. The zero-order valence-electron chi connectivity index (χ0n) is 7.68. The van der Waals surface area contributed by atoms with E-state index in [-0.39, 0.29) is 5.54 Å². The van der Waals surface area contributed by atoms with Crippen LogP contribution >= 0.6 is 0 Å². The molecule has 1 aliphatic rings. The van der Waals surface area contributed by atoms with Gasteiger partial charge < -0.3 is 5.32 Å². The van der Waals surface area contributed by atoms with Crippen LogP contribution in [0.2, 0.25) is 0 Å². The summed E-state index contributed by atoms with van der Waals surface area (Å²) in [6.07, 6.45) is 4.04. The summed E-state index contributed by atoms with van der Waals surface area (Å²) in [7, 11) is 0. The molecule has 0 aliphatic carbocycles. The maximum atomic E-state index is 4.53. The molecule has 0 fully saturated rings. The van der Waals surface area contributed by atoms with E-state index < -0.39 is 0 Å². The third-order valence-electron chi connectivity index (χ3n) is 1.68. The highest BCUT2D eigenvalue weighted by Crippen LogP contribution is 2.15. The minimum absolute atomic E-state index is 0.0230. The molecule has 0 saturated heterocycles. The fourth-order valence-corrected chi connectivity index (χ4v) is 1.01. The van der Waals surface area contributed by atoms with Crippen molar-refractivity contribution >= 4 is 5.84 Å². The normalized spacial score (nSPS) is 21.4. The summed E-state index contributed by atoms with van der Waals surface area (Å²) in [6, 6.07) is 0. The number of nitrogens with zero attached hydrogens (tertiary/aromatic N) is 1. The van der Waals surface area contributed by atoms with E-state index in [1.807, 2.05) is 6.20 Å². The molecule has 0 saturated carbocycles. The number of aliphatic imine (C=N–C) groups is 1. The summed E-state index contributed by atoms with van der Waals surface area (Å²) in [5, 5.41) is 3.14. The maximum absolute atomic E-state index is 4.53. The Kier molecular flexibility index (Phi) is 2.03. The average molecular weight is 152 g/mol. The highest BCUT2D eigenvalue weighted by molar-refractivity contribution is 5.86. The van der Waals surface area contributed by atoms with Gasteiger partial charge in [-0.15, -0.1) is 0 Å². The lowest BCUT2D eigenvalue weighted by Crippen LogP contribution is -2.32.